The lowest BCUT2D eigenvalue weighted by atomic mass is 9.90. The van der Waals surface area contributed by atoms with Gasteiger partial charge in [-0.05, 0) is 39.0 Å². The molecular formula is C15H26N2O3. The van der Waals surface area contributed by atoms with Crippen LogP contribution < -0.4 is 0 Å². The van der Waals surface area contributed by atoms with Crippen LogP contribution in [-0.4, -0.2) is 52.6 Å². The number of amides is 2. The Morgan fingerprint density at radius 2 is 2.05 bits per heavy atom. The van der Waals surface area contributed by atoms with Crippen molar-refractivity contribution >= 4 is 12.0 Å². The van der Waals surface area contributed by atoms with E-state index in [-0.39, 0.29) is 6.03 Å². The highest BCUT2D eigenvalue weighted by molar-refractivity contribution is 5.79. The van der Waals surface area contributed by atoms with Crippen molar-refractivity contribution in [2.24, 2.45) is 5.41 Å². The third-order valence-corrected chi connectivity index (χ3v) is 4.75. The van der Waals surface area contributed by atoms with Gasteiger partial charge < -0.3 is 14.9 Å². The van der Waals surface area contributed by atoms with E-state index in [0.29, 0.717) is 25.6 Å². The Balaban J connectivity index is 2.02. The number of urea groups is 1. The molecule has 1 N–H and O–H groups in total. The maximum Gasteiger partial charge on any atom is 0.320 e. The molecule has 0 aromatic carbocycles. The van der Waals surface area contributed by atoms with Crippen LogP contribution in [-0.2, 0) is 4.79 Å². The lowest BCUT2D eigenvalue weighted by Crippen LogP contribution is -2.50. The van der Waals surface area contributed by atoms with Crippen molar-refractivity contribution in [2.75, 3.05) is 19.6 Å². The van der Waals surface area contributed by atoms with Gasteiger partial charge in [-0.25, -0.2) is 4.79 Å². The first-order chi connectivity index (χ1) is 9.48. The van der Waals surface area contributed by atoms with Crippen LogP contribution in [0.15, 0.2) is 0 Å². The molecule has 5 nitrogen and oxygen atoms in total. The maximum absolute atomic E-state index is 12.7. The summed E-state index contributed by atoms with van der Waals surface area (Å²) in [5.74, 6) is -0.795. The molecule has 0 aromatic heterocycles. The fourth-order valence-corrected chi connectivity index (χ4v) is 3.37. The molecule has 0 radical (unpaired) electrons. The van der Waals surface area contributed by atoms with Gasteiger partial charge in [0.1, 0.15) is 0 Å². The third kappa shape index (κ3) is 2.91. The van der Waals surface area contributed by atoms with Gasteiger partial charge in [0.25, 0.3) is 0 Å². The number of likely N-dealkylation sites (tertiary alicyclic amines) is 2. The number of piperidine rings is 1. The molecule has 2 saturated heterocycles. The Morgan fingerprint density at radius 3 is 2.65 bits per heavy atom. The van der Waals surface area contributed by atoms with Gasteiger partial charge in [0.15, 0.2) is 0 Å². The molecule has 2 amide bonds. The molecule has 0 bridgehead atoms. The van der Waals surface area contributed by atoms with Crippen LogP contribution in [0.5, 0.6) is 0 Å². The smallest absolute Gasteiger partial charge is 0.320 e. The van der Waals surface area contributed by atoms with Crippen molar-refractivity contribution < 1.29 is 14.7 Å². The van der Waals surface area contributed by atoms with Gasteiger partial charge in [-0.2, -0.15) is 0 Å². The number of carbonyl (C=O) groups is 2. The van der Waals surface area contributed by atoms with Gasteiger partial charge in [0.2, 0.25) is 0 Å². The number of aliphatic carboxylic acids is 1. The molecule has 2 heterocycles. The van der Waals surface area contributed by atoms with E-state index in [9.17, 15) is 14.7 Å². The SMILES string of the molecule is CCCC1CCCCN1C(=O)N1CCC(C)(C(=O)O)C1. The van der Waals surface area contributed by atoms with E-state index in [0.717, 1.165) is 32.2 Å². The lowest BCUT2D eigenvalue weighted by molar-refractivity contribution is -0.147. The summed E-state index contributed by atoms with van der Waals surface area (Å²) >= 11 is 0. The second-order valence-corrected chi connectivity index (χ2v) is 6.45. The van der Waals surface area contributed by atoms with Gasteiger partial charge in [0, 0.05) is 25.7 Å². The van der Waals surface area contributed by atoms with E-state index in [1.165, 1.54) is 6.42 Å². The van der Waals surface area contributed by atoms with Crippen LogP contribution in [0.4, 0.5) is 4.79 Å². The molecule has 2 rings (SSSR count). The second kappa shape index (κ2) is 6.02. The van der Waals surface area contributed by atoms with E-state index >= 15 is 0 Å². The highest BCUT2D eigenvalue weighted by Gasteiger charge is 2.43. The minimum atomic E-state index is -0.795. The number of carbonyl (C=O) groups excluding carboxylic acids is 1. The molecular weight excluding hydrogens is 256 g/mol. The largest absolute Gasteiger partial charge is 0.481 e. The first kappa shape index (κ1) is 15.1. The molecule has 2 fully saturated rings. The van der Waals surface area contributed by atoms with Crippen LogP contribution >= 0.6 is 0 Å². The second-order valence-electron chi connectivity index (χ2n) is 6.45. The number of rotatable bonds is 3. The summed E-state index contributed by atoms with van der Waals surface area (Å²) in [7, 11) is 0. The Morgan fingerprint density at radius 1 is 1.30 bits per heavy atom. The average molecular weight is 282 g/mol. The summed E-state index contributed by atoms with van der Waals surface area (Å²) < 4.78 is 0. The molecule has 0 saturated carbocycles. The monoisotopic (exact) mass is 282 g/mol. The highest BCUT2D eigenvalue weighted by Crippen LogP contribution is 2.32. The molecule has 5 heteroatoms. The van der Waals surface area contributed by atoms with Crippen molar-refractivity contribution in [1.29, 1.82) is 0 Å². The molecule has 20 heavy (non-hydrogen) atoms. The third-order valence-electron chi connectivity index (χ3n) is 4.75. The Labute approximate surface area is 120 Å². The summed E-state index contributed by atoms with van der Waals surface area (Å²) in [5, 5.41) is 9.27. The summed E-state index contributed by atoms with van der Waals surface area (Å²) in [6, 6.07) is 0.394. The van der Waals surface area contributed by atoms with Crippen molar-refractivity contribution in [1.82, 2.24) is 9.80 Å². The summed E-state index contributed by atoms with van der Waals surface area (Å²) in [6.07, 6.45) is 6.04. The van der Waals surface area contributed by atoms with Crippen molar-refractivity contribution in [3.8, 4) is 0 Å². The molecule has 0 aliphatic carbocycles. The van der Waals surface area contributed by atoms with Gasteiger partial charge in [-0.15, -0.1) is 0 Å². The predicted octanol–water partition coefficient (Wildman–Crippen LogP) is 2.56. The zero-order valence-electron chi connectivity index (χ0n) is 12.6. The van der Waals surface area contributed by atoms with Gasteiger partial charge in [0.05, 0.1) is 5.41 Å². The first-order valence-electron chi connectivity index (χ1n) is 7.77. The number of carboxylic acid groups (broad SMARTS) is 1. The van der Waals surface area contributed by atoms with Crippen LogP contribution in [0.1, 0.15) is 52.4 Å². The molecule has 114 valence electrons. The molecule has 0 spiro atoms. The van der Waals surface area contributed by atoms with Crippen LogP contribution in [0.2, 0.25) is 0 Å². The maximum atomic E-state index is 12.7. The van der Waals surface area contributed by atoms with E-state index in [4.69, 9.17) is 0 Å². The van der Waals surface area contributed by atoms with Gasteiger partial charge in [-0.1, -0.05) is 13.3 Å². The average Bonchev–Trinajstić information content (AvgIpc) is 2.83. The molecule has 2 aliphatic heterocycles. The molecule has 0 aromatic rings. The van der Waals surface area contributed by atoms with E-state index < -0.39 is 11.4 Å². The molecule has 2 atom stereocenters. The van der Waals surface area contributed by atoms with Crippen molar-refractivity contribution in [3.63, 3.8) is 0 Å². The molecule has 2 unspecified atom stereocenters. The van der Waals surface area contributed by atoms with Crippen LogP contribution in [0.3, 0.4) is 0 Å². The number of hydrogen-bond donors (Lipinski definition) is 1. The summed E-state index contributed by atoms with van der Waals surface area (Å²) in [5.41, 5.74) is -0.772. The van der Waals surface area contributed by atoms with Gasteiger partial charge >= 0.3 is 12.0 Å². The fraction of sp³-hybridized carbons (Fsp3) is 0.867. The molecule has 2 aliphatic rings. The zero-order chi connectivity index (χ0) is 14.8. The minimum Gasteiger partial charge on any atom is -0.481 e. The van der Waals surface area contributed by atoms with E-state index in [1.54, 1.807) is 11.8 Å². The minimum absolute atomic E-state index is 0.0492. The Bertz CT molecular complexity index is 383. The number of hydrogen-bond acceptors (Lipinski definition) is 2. The Kier molecular flexibility index (Phi) is 4.55. The fourth-order valence-electron chi connectivity index (χ4n) is 3.37. The van der Waals surface area contributed by atoms with Crippen LogP contribution in [0.25, 0.3) is 0 Å². The standard InChI is InChI=1S/C15H26N2O3/c1-3-6-12-7-4-5-9-17(12)14(20)16-10-8-15(2,11-16)13(18)19/h12H,3-11H2,1-2H3,(H,18,19). The quantitative estimate of drug-likeness (QED) is 0.865. The summed E-state index contributed by atoms with van der Waals surface area (Å²) in [6.45, 7) is 5.62. The normalized spacial score (nSPS) is 30.6. The van der Waals surface area contributed by atoms with E-state index in [1.807, 2.05) is 4.90 Å². The van der Waals surface area contributed by atoms with Crippen LogP contribution in [0, 0.1) is 5.41 Å². The van der Waals surface area contributed by atoms with E-state index in [2.05, 4.69) is 6.92 Å². The van der Waals surface area contributed by atoms with Crippen molar-refractivity contribution in [3.05, 3.63) is 0 Å². The lowest BCUT2D eigenvalue weighted by Gasteiger charge is -2.38. The number of carboxylic acids is 1. The van der Waals surface area contributed by atoms with Crippen molar-refractivity contribution in [2.45, 2.75) is 58.4 Å². The zero-order valence-corrected chi connectivity index (χ0v) is 12.6. The Hall–Kier alpha value is -1.26. The highest BCUT2D eigenvalue weighted by atomic mass is 16.4. The van der Waals surface area contributed by atoms with Gasteiger partial charge in [-0.3, -0.25) is 4.79 Å². The topological polar surface area (TPSA) is 60.9 Å². The summed E-state index contributed by atoms with van der Waals surface area (Å²) in [4.78, 5) is 27.7. The predicted molar refractivity (Wildman–Crippen MR) is 76.6 cm³/mol. The number of nitrogens with zero attached hydrogens (tertiary/aromatic N) is 2. The first-order valence-corrected chi connectivity index (χ1v) is 7.77.